The predicted octanol–water partition coefficient (Wildman–Crippen LogP) is 6.73. The van der Waals surface area contributed by atoms with Gasteiger partial charge in [0.15, 0.2) is 0 Å². The van der Waals surface area contributed by atoms with E-state index in [-0.39, 0.29) is 0 Å². The zero-order valence-corrected chi connectivity index (χ0v) is 17.6. The van der Waals surface area contributed by atoms with Gasteiger partial charge in [0, 0.05) is 0 Å². The Morgan fingerprint density at radius 2 is 1.04 bits per heavy atom. The highest BCUT2D eigenvalue weighted by atomic mass is 31.2. The fourth-order valence-electron chi connectivity index (χ4n) is 4.13. The van der Waals surface area contributed by atoms with Crippen LogP contribution in [0.25, 0.3) is 0 Å². The lowest BCUT2D eigenvalue weighted by Crippen LogP contribution is -2.24. The predicted molar refractivity (Wildman–Crippen MR) is 107 cm³/mol. The molecule has 0 atom stereocenters. The number of hydrogen-bond acceptors (Lipinski definition) is 1. The summed E-state index contributed by atoms with van der Waals surface area (Å²) in [6.07, 6.45) is 25.3. The van der Waals surface area contributed by atoms with Crippen molar-refractivity contribution in [3.63, 3.8) is 0 Å². The Morgan fingerprint density at radius 3 is 1.40 bits per heavy atom. The summed E-state index contributed by atoms with van der Waals surface area (Å²) < 4.78 is 8.88. The van der Waals surface area contributed by atoms with Crippen molar-refractivity contribution in [2.24, 2.45) is 5.41 Å². The molecule has 0 radical (unpaired) electrons. The molecule has 1 saturated carbocycles. The smallest absolute Gasteiger partial charge is 0.303 e. The van der Waals surface area contributed by atoms with Gasteiger partial charge >= 0.3 is 7.82 Å². The van der Waals surface area contributed by atoms with Crippen LogP contribution in [-0.2, 0) is 4.57 Å². The molecule has 0 aromatic rings. The minimum absolute atomic E-state index is 0.774. The minimum atomic E-state index is -4.64. The van der Waals surface area contributed by atoms with E-state index in [4.69, 9.17) is 19.2 Å². The van der Waals surface area contributed by atoms with Crippen molar-refractivity contribution in [3.8, 4) is 0 Å². The largest absolute Gasteiger partial charge is 0.466 e. The van der Waals surface area contributed by atoms with Crippen molar-refractivity contribution in [2.75, 3.05) is 0 Å². The molecule has 1 rings (SSSR count). The summed E-state index contributed by atoms with van der Waals surface area (Å²) >= 11 is 0. The van der Waals surface area contributed by atoms with Gasteiger partial charge in [-0.2, -0.15) is 0 Å². The van der Waals surface area contributed by atoms with Crippen molar-refractivity contribution in [2.45, 2.75) is 123 Å². The van der Waals surface area contributed by atoms with E-state index in [1.54, 1.807) is 25.7 Å². The summed E-state index contributed by atoms with van der Waals surface area (Å²) in [5.41, 5.74) is 0.774. The van der Waals surface area contributed by atoms with E-state index in [0.717, 1.165) is 5.41 Å². The summed E-state index contributed by atoms with van der Waals surface area (Å²) in [7, 11) is -4.64. The van der Waals surface area contributed by atoms with Crippen LogP contribution in [0.1, 0.15) is 123 Å². The van der Waals surface area contributed by atoms with Crippen LogP contribution in [0.5, 0.6) is 0 Å². The highest BCUT2D eigenvalue weighted by molar-refractivity contribution is 7.45. The van der Waals surface area contributed by atoms with Crippen LogP contribution in [0.3, 0.4) is 0 Å². The first kappa shape index (κ1) is 25.1. The minimum Gasteiger partial charge on any atom is -0.303 e. The summed E-state index contributed by atoms with van der Waals surface area (Å²) in [4.78, 5) is 21.6. The SMILES string of the molecule is CCCCCCCC1(CCCCCCC)CCCCC1.O=P(O)(O)O. The lowest BCUT2D eigenvalue weighted by molar-refractivity contribution is 0.146. The molecule has 4 nitrogen and oxygen atoms in total. The first-order chi connectivity index (χ1) is 11.8. The van der Waals surface area contributed by atoms with Crippen LogP contribution in [0.4, 0.5) is 0 Å². The summed E-state index contributed by atoms with van der Waals surface area (Å²) in [6, 6.07) is 0. The van der Waals surface area contributed by atoms with Gasteiger partial charge < -0.3 is 14.7 Å². The van der Waals surface area contributed by atoms with Gasteiger partial charge in [0.2, 0.25) is 0 Å². The molecule has 0 aliphatic heterocycles. The molecule has 0 saturated heterocycles. The van der Waals surface area contributed by atoms with E-state index < -0.39 is 7.82 Å². The maximum Gasteiger partial charge on any atom is 0.466 e. The number of phosphoric acid groups is 1. The molecule has 0 spiro atoms. The van der Waals surface area contributed by atoms with Crippen molar-refractivity contribution >= 4 is 7.82 Å². The quantitative estimate of drug-likeness (QED) is 0.260. The van der Waals surface area contributed by atoms with E-state index in [2.05, 4.69) is 13.8 Å². The fourth-order valence-corrected chi connectivity index (χ4v) is 4.13. The Bertz CT molecular complexity index is 310. The maximum absolute atomic E-state index is 8.88. The summed E-state index contributed by atoms with van der Waals surface area (Å²) in [6.45, 7) is 4.64. The van der Waals surface area contributed by atoms with Gasteiger partial charge in [0.25, 0.3) is 0 Å². The van der Waals surface area contributed by atoms with Gasteiger partial charge in [-0.15, -0.1) is 0 Å². The van der Waals surface area contributed by atoms with Crippen LogP contribution in [0.15, 0.2) is 0 Å². The molecular weight excluding hydrogens is 335 g/mol. The van der Waals surface area contributed by atoms with E-state index in [0.29, 0.717) is 0 Å². The number of unbranched alkanes of at least 4 members (excludes halogenated alkanes) is 8. The highest BCUT2D eigenvalue weighted by Gasteiger charge is 2.30. The second kappa shape index (κ2) is 15.2. The second-order valence-corrected chi connectivity index (χ2v) is 8.93. The molecule has 0 aromatic heterocycles. The Kier molecular flexibility index (Phi) is 15.3. The summed E-state index contributed by atoms with van der Waals surface area (Å²) in [5, 5.41) is 0. The molecule has 5 heteroatoms. The fraction of sp³-hybridized carbons (Fsp3) is 1.00. The van der Waals surface area contributed by atoms with E-state index in [1.165, 1.54) is 83.5 Å². The molecule has 0 bridgehead atoms. The number of hydrogen-bond donors (Lipinski definition) is 3. The van der Waals surface area contributed by atoms with Gasteiger partial charge in [-0.3, -0.25) is 0 Å². The zero-order chi connectivity index (χ0) is 19.0. The average Bonchev–Trinajstić information content (AvgIpc) is 2.54. The first-order valence-corrected chi connectivity index (χ1v) is 12.2. The van der Waals surface area contributed by atoms with Gasteiger partial charge in [0.1, 0.15) is 0 Å². The third-order valence-corrected chi connectivity index (χ3v) is 5.54. The van der Waals surface area contributed by atoms with Crippen molar-refractivity contribution in [1.29, 1.82) is 0 Å². The Labute approximate surface area is 156 Å². The maximum atomic E-state index is 8.88. The standard InChI is InChI=1S/C20H40.H3O4P/c1-3-5-7-9-12-16-20(18-14-11-15-19-20)17-13-10-8-6-4-2;1-5(2,3)4/h3-19H2,1-2H3;(H3,1,2,3,4). The van der Waals surface area contributed by atoms with Crippen LogP contribution >= 0.6 is 7.82 Å². The zero-order valence-electron chi connectivity index (χ0n) is 16.7. The third kappa shape index (κ3) is 17.3. The normalized spacial score (nSPS) is 17.0. The third-order valence-electron chi connectivity index (χ3n) is 5.54. The van der Waals surface area contributed by atoms with Crippen LogP contribution in [-0.4, -0.2) is 14.7 Å². The lowest BCUT2D eigenvalue weighted by atomic mass is 9.68. The molecule has 152 valence electrons. The Hall–Kier alpha value is 0.110. The lowest BCUT2D eigenvalue weighted by Gasteiger charge is -2.38. The number of rotatable bonds is 12. The van der Waals surface area contributed by atoms with Gasteiger partial charge in [-0.25, -0.2) is 4.57 Å². The molecule has 0 aromatic carbocycles. The molecular formula is C20H43O4P. The van der Waals surface area contributed by atoms with Gasteiger partial charge in [0.05, 0.1) is 0 Å². The van der Waals surface area contributed by atoms with Crippen molar-refractivity contribution < 1.29 is 19.2 Å². The van der Waals surface area contributed by atoms with Gasteiger partial charge in [-0.05, 0) is 31.1 Å². The van der Waals surface area contributed by atoms with Crippen molar-refractivity contribution in [1.82, 2.24) is 0 Å². The molecule has 1 fully saturated rings. The molecule has 1 aliphatic carbocycles. The van der Waals surface area contributed by atoms with Gasteiger partial charge in [-0.1, -0.05) is 97.3 Å². The van der Waals surface area contributed by atoms with E-state index in [9.17, 15) is 0 Å². The monoisotopic (exact) mass is 378 g/mol. The molecule has 3 N–H and O–H groups in total. The van der Waals surface area contributed by atoms with Crippen LogP contribution in [0, 0.1) is 5.41 Å². The van der Waals surface area contributed by atoms with Crippen molar-refractivity contribution in [3.05, 3.63) is 0 Å². The molecule has 1 aliphatic rings. The Morgan fingerprint density at radius 1 is 0.680 bits per heavy atom. The topological polar surface area (TPSA) is 77.8 Å². The Balaban J connectivity index is 0.00000101. The van der Waals surface area contributed by atoms with Crippen LogP contribution in [0.2, 0.25) is 0 Å². The average molecular weight is 379 g/mol. The van der Waals surface area contributed by atoms with Crippen LogP contribution < -0.4 is 0 Å². The molecule has 0 amide bonds. The highest BCUT2D eigenvalue weighted by Crippen LogP contribution is 2.44. The molecule has 25 heavy (non-hydrogen) atoms. The first-order valence-electron chi connectivity index (χ1n) is 10.6. The van der Waals surface area contributed by atoms with E-state index >= 15 is 0 Å². The second-order valence-electron chi connectivity index (χ2n) is 7.90. The summed E-state index contributed by atoms with van der Waals surface area (Å²) in [5.74, 6) is 0. The van der Waals surface area contributed by atoms with E-state index in [1.807, 2.05) is 0 Å². The molecule has 0 heterocycles. The molecule has 0 unspecified atom stereocenters.